The molecular weight excluding hydrogens is 266 g/mol. The van der Waals surface area contributed by atoms with Crippen LogP contribution in [0.3, 0.4) is 0 Å². The summed E-state index contributed by atoms with van der Waals surface area (Å²) in [6.45, 7) is 0. The van der Waals surface area contributed by atoms with Crippen LogP contribution < -0.4 is 10.2 Å². The molecule has 2 rings (SSSR count). The number of hydrogen-bond donors (Lipinski definition) is 1. The van der Waals surface area contributed by atoms with Gasteiger partial charge in [0.15, 0.2) is 0 Å². The fraction of sp³-hybridized carbons (Fsp3) is 0.167. The Balaban J connectivity index is 2.24. The Morgan fingerprint density at radius 1 is 1.26 bits per heavy atom. The first-order valence-electron chi connectivity index (χ1n) is 5.49. The van der Waals surface area contributed by atoms with E-state index in [0.29, 0.717) is 11.4 Å². The first-order chi connectivity index (χ1) is 9.06. The van der Waals surface area contributed by atoms with Gasteiger partial charge < -0.3 is 4.90 Å². The van der Waals surface area contributed by atoms with E-state index in [1.54, 1.807) is 29.4 Å². The zero-order valence-electron chi connectivity index (χ0n) is 10.5. The van der Waals surface area contributed by atoms with Gasteiger partial charge in [-0.1, -0.05) is 11.6 Å². The van der Waals surface area contributed by atoms with E-state index in [9.17, 15) is 4.79 Å². The lowest BCUT2D eigenvalue weighted by Gasteiger charge is -2.12. The molecule has 1 N–H and O–H groups in total. The van der Waals surface area contributed by atoms with Gasteiger partial charge in [-0.2, -0.15) is 0 Å². The summed E-state index contributed by atoms with van der Waals surface area (Å²) in [5.74, 6) is 0.511. The van der Waals surface area contributed by atoms with Gasteiger partial charge in [0.05, 0.1) is 0 Å². The molecule has 0 aliphatic carbocycles. The van der Waals surface area contributed by atoms with Gasteiger partial charge in [0.1, 0.15) is 11.0 Å². The summed E-state index contributed by atoms with van der Waals surface area (Å²) >= 11 is 5.89. The second-order valence-electron chi connectivity index (χ2n) is 3.96. The fourth-order valence-corrected chi connectivity index (χ4v) is 1.58. The predicted octanol–water partition coefficient (Wildman–Crippen LogP) is 1.84. The maximum absolute atomic E-state index is 12.0. The Hall–Kier alpha value is -2.21. The molecule has 0 saturated carbocycles. The van der Waals surface area contributed by atoms with Crippen molar-refractivity contribution >= 4 is 29.3 Å². The van der Waals surface area contributed by atoms with Crippen molar-refractivity contribution in [3.05, 3.63) is 41.3 Å². The van der Waals surface area contributed by atoms with Gasteiger partial charge in [0, 0.05) is 32.1 Å². The second-order valence-corrected chi connectivity index (χ2v) is 4.34. The quantitative estimate of drug-likeness (QED) is 0.867. The van der Waals surface area contributed by atoms with Crippen LogP contribution in [0.25, 0.3) is 0 Å². The molecule has 2 aromatic rings. The predicted molar refractivity (Wildman–Crippen MR) is 73.6 cm³/mol. The fourth-order valence-electron chi connectivity index (χ4n) is 1.38. The van der Waals surface area contributed by atoms with Gasteiger partial charge >= 0.3 is 0 Å². The monoisotopic (exact) mass is 277 g/mol. The smallest absolute Gasteiger partial charge is 0.258 e. The first-order valence-corrected chi connectivity index (χ1v) is 5.87. The molecular formula is C12H12ClN5O. The standard InChI is InChI=1S/C12H12ClN5O/c1-18(2)10-7-8(6-9(13)16-10)11(19)17-12-14-4-3-5-15-12/h3-7H,1-2H3,(H,14,15,17,19). The molecule has 0 saturated heterocycles. The maximum Gasteiger partial charge on any atom is 0.258 e. The Morgan fingerprint density at radius 3 is 2.58 bits per heavy atom. The van der Waals surface area contributed by atoms with E-state index in [1.807, 2.05) is 14.1 Å². The maximum atomic E-state index is 12.0. The number of amides is 1. The molecule has 2 aromatic heterocycles. The Kier molecular flexibility index (Phi) is 3.91. The van der Waals surface area contributed by atoms with Crippen molar-refractivity contribution in [1.82, 2.24) is 15.0 Å². The topological polar surface area (TPSA) is 71.0 Å². The van der Waals surface area contributed by atoms with Gasteiger partial charge in [-0.05, 0) is 18.2 Å². The van der Waals surface area contributed by atoms with Crippen molar-refractivity contribution in [3.8, 4) is 0 Å². The van der Waals surface area contributed by atoms with Crippen LogP contribution in [0.2, 0.25) is 5.15 Å². The molecule has 0 fully saturated rings. The zero-order valence-corrected chi connectivity index (χ0v) is 11.2. The summed E-state index contributed by atoms with van der Waals surface area (Å²) in [5, 5.41) is 2.84. The lowest BCUT2D eigenvalue weighted by atomic mass is 10.2. The highest BCUT2D eigenvalue weighted by molar-refractivity contribution is 6.30. The SMILES string of the molecule is CN(C)c1cc(C(=O)Nc2ncccn2)cc(Cl)n1. The Labute approximate surface area is 115 Å². The van der Waals surface area contributed by atoms with Crippen molar-refractivity contribution in [2.75, 3.05) is 24.3 Å². The van der Waals surface area contributed by atoms with Crippen molar-refractivity contribution in [1.29, 1.82) is 0 Å². The van der Waals surface area contributed by atoms with E-state index in [2.05, 4.69) is 20.3 Å². The third-order valence-electron chi connectivity index (χ3n) is 2.29. The van der Waals surface area contributed by atoms with Crippen molar-refractivity contribution < 1.29 is 4.79 Å². The largest absolute Gasteiger partial charge is 0.363 e. The molecule has 0 unspecified atom stereocenters. The number of nitrogens with one attached hydrogen (secondary N) is 1. The van der Waals surface area contributed by atoms with E-state index in [1.165, 1.54) is 6.07 Å². The molecule has 0 aliphatic rings. The van der Waals surface area contributed by atoms with Crippen LogP contribution in [0, 0.1) is 0 Å². The number of rotatable bonds is 3. The molecule has 0 spiro atoms. The molecule has 1 amide bonds. The third kappa shape index (κ3) is 3.38. The van der Waals surface area contributed by atoms with Gasteiger partial charge in [-0.15, -0.1) is 0 Å². The van der Waals surface area contributed by atoms with Crippen molar-refractivity contribution in [2.45, 2.75) is 0 Å². The number of carbonyl (C=O) groups is 1. The average Bonchev–Trinajstić information content (AvgIpc) is 2.39. The van der Waals surface area contributed by atoms with Crippen LogP contribution in [0.1, 0.15) is 10.4 Å². The number of halogens is 1. The van der Waals surface area contributed by atoms with E-state index in [-0.39, 0.29) is 17.0 Å². The lowest BCUT2D eigenvalue weighted by Crippen LogP contribution is -2.16. The molecule has 0 radical (unpaired) electrons. The molecule has 2 heterocycles. The summed E-state index contributed by atoms with van der Waals surface area (Å²) in [7, 11) is 3.64. The minimum absolute atomic E-state index is 0.242. The molecule has 0 aliphatic heterocycles. The zero-order chi connectivity index (χ0) is 13.8. The minimum Gasteiger partial charge on any atom is -0.363 e. The summed E-state index contributed by atoms with van der Waals surface area (Å²) in [6, 6.07) is 4.81. The summed E-state index contributed by atoms with van der Waals surface area (Å²) in [4.78, 5) is 25.8. The van der Waals surface area contributed by atoms with Crippen LogP contribution in [0.15, 0.2) is 30.6 Å². The third-order valence-corrected chi connectivity index (χ3v) is 2.49. The van der Waals surface area contributed by atoms with Crippen LogP contribution in [0.5, 0.6) is 0 Å². The van der Waals surface area contributed by atoms with Gasteiger partial charge in [-0.25, -0.2) is 15.0 Å². The average molecular weight is 278 g/mol. The molecule has 19 heavy (non-hydrogen) atoms. The number of anilines is 2. The number of carbonyl (C=O) groups excluding carboxylic acids is 1. The molecule has 0 atom stereocenters. The van der Waals surface area contributed by atoms with Gasteiger partial charge in [-0.3, -0.25) is 10.1 Å². The number of pyridine rings is 1. The van der Waals surface area contributed by atoms with Crippen molar-refractivity contribution in [2.24, 2.45) is 0 Å². The molecule has 6 nitrogen and oxygen atoms in total. The molecule has 98 valence electrons. The summed E-state index contributed by atoms with van der Waals surface area (Å²) in [6.07, 6.45) is 3.10. The number of hydrogen-bond acceptors (Lipinski definition) is 5. The van der Waals surface area contributed by atoms with E-state index in [0.717, 1.165) is 0 Å². The van der Waals surface area contributed by atoms with Crippen LogP contribution in [-0.2, 0) is 0 Å². The summed E-state index contributed by atoms with van der Waals surface area (Å²) in [5.41, 5.74) is 0.399. The highest BCUT2D eigenvalue weighted by Gasteiger charge is 2.11. The molecule has 0 aromatic carbocycles. The lowest BCUT2D eigenvalue weighted by molar-refractivity contribution is 0.102. The highest BCUT2D eigenvalue weighted by Crippen LogP contribution is 2.17. The second kappa shape index (κ2) is 5.62. The number of aromatic nitrogens is 3. The summed E-state index contributed by atoms with van der Waals surface area (Å²) < 4.78 is 0. The first kappa shape index (κ1) is 13.2. The van der Waals surface area contributed by atoms with Gasteiger partial charge in [0.2, 0.25) is 5.95 Å². The van der Waals surface area contributed by atoms with Crippen LogP contribution in [0.4, 0.5) is 11.8 Å². The van der Waals surface area contributed by atoms with Crippen LogP contribution in [-0.4, -0.2) is 35.0 Å². The minimum atomic E-state index is -0.335. The highest BCUT2D eigenvalue weighted by atomic mass is 35.5. The van der Waals surface area contributed by atoms with E-state index < -0.39 is 0 Å². The molecule has 7 heteroatoms. The Bertz CT molecular complexity index is 588. The Morgan fingerprint density at radius 2 is 1.95 bits per heavy atom. The van der Waals surface area contributed by atoms with Gasteiger partial charge in [0.25, 0.3) is 5.91 Å². The van der Waals surface area contributed by atoms with Crippen molar-refractivity contribution in [3.63, 3.8) is 0 Å². The van der Waals surface area contributed by atoms with E-state index >= 15 is 0 Å². The number of nitrogens with zero attached hydrogens (tertiary/aromatic N) is 4. The molecule has 0 bridgehead atoms. The van der Waals surface area contributed by atoms with Crippen LogP contribution >= 0.6 is 11.6 Å². The normalized spacial score (nSPS) is 10.1. The van der Waals surface area contributed by atoms with E-state index in [4.69, 9.17) is 11.6 Å².